The fourth-order valence-corrected chi connectivity index (χ4v) is 2.63. The van der Waals surface area contributed by atoms with Crippen LogP contribution >= 0.6 is 0 Å². The average molecular weight is 246 g/mol. The maximum absolute atomic E-state index is 10.3. The molecule has 0 amide bonds. The Morgan fingerprint density at radius 3 is 2.59 bits per heavy atom. The van der Waals surface area contributed by atoms with E-state index < -0.39 is 10.6 Å². The minimum Gasteiger partial charge on any atom is -0.314 e. The minimum absolute atomic E-state index is 0.0349. The SMILES string of the molecule is CC1(C)CCCC(CO[N+](=O)[O-])C(C)(C)N1O. The van der Waals surface area contributed by atoms with Crippen molar-refractivity contribution in [1.82, 2.24) is 5.06 Å². The van der Waals surface area contributed by atoms with E-state index in [9.17, 15) is 15.3 Å². The van der Waals surface area contributed by atoms with Crippen LogP contribution in [0.3, 0.4) is 0 Å². The Bertz CT molecular complexity index is 291. The Morgan fingerprint density at radius 2 is 2.06 bits per heavy atom. The molecule has 6 heteroatoms. The molecule has 1 aliphatic rings. The lowest BCUT2D eigenvalue weighted by molar-refractivity contribution is -0.759. The van der Waals surface area contributed by atoms with Crippen LogP contribution in [-0.4, -0.2) is 33.0 Å². The van der Waals surface area contributed by atoms with Crippen molar-refractivity contribution in [2.24, 2.45) is 5.92 Å². The van der Waals surface area contributed by atoms with Crippen LogP contribution in [0.2, 0.25) is 0 Å². The van der Waals surface area contributed by atoms with Crippen LogP contribution < -0.4 is 0 Å². The summed E-state index contributed by atoms with van der Waals surface area (Å²) < 4.78 is 0. The molecule has 0 radical (unpaired) electrons. The molecular weight excluding hydrogens is 224 g/mol. The Balaban J connectivity index is 2.81. The van der Waals surface area contributed by atoms with Crippen LogP contribution in [0.25, 0.3) is 0 Å². The van der Waals surface area contributed by atoms with Crippen molar-refractivity contribution in [3.8, 4) is 0 Å². The lowest BCUT2D eigenvalue weighted by Crippen LogP contribution is -2.56. The van der Waals surface area contributed by atoms with E-state index in [0.29, 0.717) is 0 Å². The van der Waals surface area contributed by atoms with E-state index in [-0.39, 0.29) is 18.1 Å². The second kappa shape index (κ2) is 4.78. The van der Waals surface area contributed by atoms with Gasteiger partial charge in [0.2, 0.25) is 0 Å². The molecule has 17 heavy (non-hydrogen) atoms. The third-order valence-corrected chi connectivity index (χ3v) is 3.84. The monoisotopic (exact) mass is 246 g/mol. The minimum atomic E-state index is -0.770. The van der Waals surface area contributed by atoms with Gasteiger partial charge in [0.05, 0.1) is 0 Å². The fourth-order valence-electron chi connectivity index (χ4n) is 2.63. The molecule has 1 N–H and O–H groups in total. The highest BCUT2D eigenvalue weighted by Crippen LogP contribution is 2.38. The number of hydrogen-bond acceptors (Lipinski definition) is 5. The molecule has 0 spiro atoms. The summed E-state index contributed by atoms with van der Waals surface area (Å²) >= 11 is 0. The van der Waals surface area contributed by atoms with Crippen molar-refractivity contribution in [2.45, 2.75) is 58.0 Å². The van der Waals surface area contributed by atoms with Gasteiger partial charge < -0.3 is 10.0 Å². The van der Waals surface area contributed by atoms with Gasteiger partial charge in [-0.2, -0.15) is 5.06 Å². The summed E-state index contributed by atoms with van der Waals surface area (Å²) in [5, 5.41) is 21.1. The molecule has 0 aromatic rings. The van der Waals surface area contributed by atoms with Crippen LogP contribution in [-0.2, 0) is 4.84 Å². The van der Waals surface area contributed by atoms with E-state index in [2.05, 4.69) is 4.84 Å². The summed E-state index contributed by atoms with van der Waals surface area (Å²) in [5.41, 5.74) is -0.844. The van der Waals surface area contributed by atoms with E-state index in [1.54, 1.807) is 0 Å². The smallest absolute Gasteiger partial charge is 0.294 e. The van der Waals surface area contributed by atoms with Crippen molar-refractivity contribution in [3.05, 3.63) is 10.1 Å². The van der Waals surface area contributed by atoms with Gasteiger partial charge in [0.25, 0.3) is 5.09 Å². The number of rotatable bonds is 3. The molecule has 0 saturated carbocycles. The molecule has 1 atom stereocenters. The van der Waals surface area contributed by atoms with Gasteiger partial charge in [-0.15, -0.1) is 10.1 Å². The Kier molecular flexibility index (Phi) is 3.99. The molecule has 6 nitrogen and oxygen atoms in total. The van der Waals surface area contributed by atoms with Crippen molar-refractivity contribution in [2.75, 3.05) is 6.61 Å². The van der Waals surface area contributed by atoms with E-state index in [1.807, 2.05) is 27.7 Å². The van der Waals surface area contributed by atoms with Gasteiger partial charge in [-0.25, -0.2) is 0 Å². The highest BCUT2D eigenvalue weighted by Gasteiger charge is 2.44. The summed E-state index contributed by atoms with van der Waals surface area (Å²) in [6.07, 6.45) is 2.61. The summed E-state index contributed by atoms with van der Waals surface area (Å²) in [4.78, 5) is 14.7. The standard InChI is InChI=1S/C11H22N2O4/c1-10(2)7-5-6-9(8-17-13(15)16)11(3,4)12(10)14/h9,14H,5-8H2,1-4H3. The zero-order valence-electron chi connectivity index (χ0n) is 11.0. The average Bonchev–Trinajstić information content (AvgIpc) is 2.26. The summed E-state index contributed by atoms with van der Waals surface area (Å²) in [5.74, 6) is -0.0559. The first kappa shape index (κ1) is 14.2. The lowest BCUT2D eigenvalue weighted by Gasteiger charge is -2.45. The predicted molar refractivity (Wildman–Crippen MR) is 62.1 cm³/mol. The van der Waals surface area contributed by atoms with E-state index in [0.717, 1.165) is 19.3 Å². The number of hydrogen-bond donors (Lipinski definition) is 1. The van der Waals surface area contributed by atoms with E-state index in [1.165, 1.54) is 5.06 Å². The molecule has 100 valence electrons. The molecule has 1 fully saturated rings. The Morgan fingerprint density at radius 1 is 1.47 bits per heavy atom. The molecule has 0 aliphatic carbocycles. The highest BCUT2D eigenvalue weighted by atomic mass is 16.9. The van der Waals surface area contributed by atoms with Crippen molar-refractivity contribution >= 4 is 0 Å². The van der Waals surface area contributed by atoms with Gasteiger partial charge in [-0.1, -0.05) is 6.42 Å². The van der Waals surface area contributed by atoms with Gasteiger partial charge in [0.1, 0.15) is 6.61 Å². The Hall–Kier alpha value is -0.880. The maximum Gasteiger partial charge on any atom is 0.294 e. The number of hydroxylamine groups is 2. The molecule has 0 aromatic carbocycles. The van der Waals surface area contributed by atoms with Crippen LogP contribution in [0.4, 0.5) is 0 Å². The molecule has 1 heterocycles. The molecule has 1 unspecified atom stereocenters. The largest absolute Gasteiger partial charge is 0.314 e. The van der Waals surface area contributed by atoms with Gasteiger partial charge >= 0.3 is 0 Å². The molecule has 1 aliphatic heterocycles. The molecular formula is C11H22N2O4. The van der Waals surface area contributed by atoms with Gasteiger partial charge in [-0.05, 0) is 40.5 Å². The lowest BCUT2D eigenvalue weighted by atomic mass is 9.85. The first-order chi connectivity index (χ1) is 7.68. The second-order valence-corrected chi connectivity index (χ2v) is 5.89. The third-order valence-electron chi connectivity index (χ3n) is 3.84. The highest BCUT2D eigenvalue weighted by molar-refractivity contribution is 4.94. The Labute approximate surface area is 102 Å². The molecule has 0 bridgehead atoms. The predicted octanol–water partition coefficient (Wildman–Crippen LogP) is 2.24. The summed E-state index contributed by atoms with van der Waals surface area (Å²) in [6.45, 7) is 7.78. The topological polar surface area (TPSA) is 75.8 Å². The summed E-state index contributed by atoms with van der Waals surface area (Å²) in [7, 11) is 0. The van der Waals surface area contributed by atoms with Crippen molar-refractivity contribution in [1.29, 1.82) is 0 Å². The van der Waals surface area contributed by atoms with Gasteiger partial charge in [-0.3, -0.25) is 0 Å². The van der Waals surface area contributed by atoms with Gasteiger partial charge in [0.15, 0.2) is 0 Å². The first-order valence-corrected chi connectivity index (χ1v) is 5.94. The second-order valence-electron chi connectivity index (χ2n) is 5.89. The van der Waals surface area contributed by atoms with Crippen molar-refractivity contribution < 1.29 is 15.1 Å². The molecule has 0 aromatic heterocycles. The third kappa shape index (κ3) is 3.07. The molecule has 1 rings (SSSR count). The zero-order valence-corrected chi connectivity index (χ0v) is 11.0. The van der Waals surface area contributed by atoms with E-state index in [4.69, 9.17) is 0 Å². The normalized spacial score (nSPS) is 28.4. The zero-order chi connectivity index (χ0) is 13.3. The van der Waals surface area contributed by atoms with Crippen LogP contribution in [0.5, 0.6) is 0 Å². The molecule has 1 saturated heterocycles. The fraction of sp³-hybridized carbons (Fsp3) is 1.00. The number of nitrogens with zero attached hydrogens (tertiary/aromatic N) is 2. The van der Waals surface area contributed by atoms with Gasteiger partial charge in [0, 0.05) is 17.0 Å². The van der Waals surface area contributed by atoms with Crippen molar-refractivity contribution in [3.63, 3.8) is 0 Å². The maximum atomic E-state index is 10.3. The first-order valence-electron chi connectivity index (χ1n) is 5.94. The quantitative estimate of drug-likeness (QED) is 0.610. The summed E-state index contributed by atoms with van der Waals surface area (Å²) in [6, 6.07) is 0. The van der Waals surface area contributed by atoms with Crippen LogP contribution in [0.1, 0.15) is 47.0 Å². The van der Waals surface area contributed by atoms with E-state index >= 15 is 0 Å². The van der Waals surface area contributed by atoms with Crippen LogP contribution in [0.15, 0.2) is 0 Å². The van der Waals surface area contributed by atoms with Crippen LogP contribution in [0, 0.1) is 16.0 Å².